The quantitative estimate of drug-likeness (QED) is 0.782. The molecule has 1 fully saturated rings. The molecule has 0 radical (unpaired) electrons. The minimum atomic E-state index is 0.156. The van der Waals surface area contributed by atoms with Gasteiger partial charge in [0, 0.05) is 6.04 Å². The highest BCUT2D eigenvalue weighted by molar-refractivity contribution is 5.40. The number of ether oxygens (including phenoxy) is 2. The molecule has 2 heterocycles. The Hall–Kier alpha value is -1.22. The highest BCUT2D eigenvalue weighted by Crippen LogP contribution is 2.32. The molecule has 3 nitrogen and oxygen atoms in total. The summed E-state index contributed by atoms with van der Waals surface area (Å²) in [4.78, 5) is 2.50. The normalized spacial score (nSPS) is 25.8. The van der Waals surface area contributed by atoms with Gasteiger partial charge in [-0.3, -0.25) is 4.90 Å². The van der Waals surface area contributed by atoms with Gasteiger partial charge in [-0.2, -0.15) is 0 Å². The van der Waals surface area contributed by atoms with E-state index in [1.54, 1.807) is 0 Å². The number of benzene rings is 1. The highest BCUT2D eigenvalue weighted by Gasteiger charge is 2.30. The Balaban J connectivity index is 1.70. The molecule has 1 aromatic carbocycles. The first kappa shape index (κ1) is 10.9. The molecule has 3 rings (SSSR count). The van der Waals surface area contributed by atoms with Crippen LogP contribution in [0.25, 0.3) is 0 Å². The molecule has 0 spiro atoms. The minimum Gasteiger partial charge on any atom is -0.486 e. The van der Waals surface area contributed by atoms with Crippen molar-refractivity contribution in [3.8, 4) is 11.5 Å². The highest BCUT2D eigenvalue weighted by atomic mass is 16.6. The number of likely N-dealkylation sites (tertiary alicyclic amines) is 1. The molecule has 0 amide bonds. The molecule has 2 atom stereocenters. The number of nitrogens with zero attached hydrogens (tertiary/aromatic N) is 1. The molecular weight excluding hydrogens is 214 g/mol. The van der Waals surface area contributed by atoms with Crippen molar-refractivity contribution in [2.24, 2.45) is 0 Å². The summed E-state index contributed by atoms with van der Waals surface area (Å²) in [5, 5.41) is 0. The topological polar surface area (TPSA) is 21.7 Å². The minimum absolute atomic E-state index is 0.156. The van der Waals surface area contributed by atoms with E-state index in [-0.39, 0.29) is 6.10 Å². The summed E-state index contributed by atoms with van der Waals surface area (Å²) in [7, 11) is 0. The molecule has 0 bridgehead atoms. The Morgan fingerprint density at radius 1 is 1.18 bits per heavy atom. The summed E-state index contributed by atoms with van der Waals surface area (Å²) in [6.45, 7) is 5.30. The summed E-state index contributed by atoms with van der Waals surface area (Å²) >= 11 is 0. The van der Waals surface area contributed by atoms with Gasteiger partial charge in [-0.05, 0) is 45.0 Å². The number of hydrogen-bond acceptors (Lipinski definition) is 3. The predicted molar refractivity (Wildman–Crippen MR) is 66.6 cm³/mol. The van der Waals surface area contributed by atoms with Crippen LogP contribution in [-0.4, -0.2) is 36.7 Å². The molecule has 0 unspecified atom stereocenters. The van der Waals surface area contributed by atoms with E-state index in [9.17, 15) is 0 Å². The SMILES string of the molecule is C[C@@H]([C@H]1COc2ccccc2O1)N1CCCC1. The lowest BCUT2D eigenvalue weighted by atomic mass is 10.1. The van der Waals surface area contributed by atoms with Crippen molar-refractivity contribution in [1.82, 2.24) is 4.90 Å². The van der Waals surface area contributed by atoms with Crippen molar-refractivity contribution < 1.29 is 9.47 Å². The fourth-order valence-electron chi connectivity index (χ4n) is 2.66. The summed E-state index contributed by atoms with van der Waals surface area (Å²) in [6.07, 6.45) is 2.78. The molecule has 3 heteroatoms. The van der Waals surface area contributed by atoms with Crippen LogP contribution in [0.4, 0.5) is 0 Å². The van der Waals surface area contributed by atoms with Crippen LogP contribution in [0.1, 0.15) is 19.8 Å². The van der Waals surface area contributed by atoms with Gasteiger partial charge in [0.05, 0.1) is 0 Å². The first-order valence-electron chi connectivity index (χ1n) is 6.47. The standard InChI is InChI=1S/C14H19NO2/c1-11(15-8-4-5-9-15)14-10-16-12-6-2-3-7-13(12)17-14/h2-3,6-7,11,14H,4-5,8-10H2,1H3/t11-,14+/m0/s1. The number of rotatable bonds is 2. The lowest BCUT2D eigenvalue weighted by Gasteiger charge is -2.34. The van der Waals surface area contributed by atoms with Gasteiger partial charge >= 0.3 is 0 Å². The zero-order chi connectivity index (χ0) is 11.7. The van der Waals surface area contributed by atoms with Gasteiger partial charge in [-0.1, -0.05) is 12.1 Å². The van der Waals surface area contributed by atoms with Crippen molar-refractivity contribution in [1.29, 1.82) is 0 Å². The van der Waals surface area contributed by atoms with Crippen LogP contribution in [0.2, 0.25) is 0 Å². The summed E-state index contributed by atoms with van der Waals surface area (Å²) in [6, 6.07) is 8.35. The predicted octanol–water partition coefficient (Wildman–Crippen LogP) is 2.31. The molecule has 2 aliphatic rings. The van der Waals surface area contributed by atoms with E-state index in [0.717, 1.165) is 11.5 Å². The molecule has 0 N–H and O–H groups in total. The smallest absolute Gasteiger partial charge is 0.161 e. The third-order valence-corrected chi connectivity index (χ3v) is 3.79. The molecule has 17 heavy (non-hydrogen) atoms. The van der Waals surface area contributed by atoms with Crippen LogP contribution < -0.4 is 9.47 Å². The second kappa shape index (κ2) is 4.57. The van der Waals surface area contributed by atoms with Crippen molar-refractivity contribution in [3.05, 3.63) is 24.3 Å². The van der Waals surface area contributed by atoms with E-state index in [0.29, 0.717) is 12.6 Å². The van der Waals surface area contributed by atoms with Gasteiger partial charge in [0.25, 0.3) is 0 Å². The first-order chi connectivity index (χ1) is 8.34. The Morgan fingerprint density at radius 2 is 1.88 bits per heavy atom. The average molecular weight is 233 g/mol. The Labute approximate surface area is 102 Å². The zero-order valence-corrected chi connectivity index (χ0v) is 10.3. The fraction of sp³-hybridized carbons (Fsp3) is 0.571. The third kappa shape index (κ3) is 2.12. The van der Waals surface area contributed by atoms with Crippen LogP contribution in [-0.2, 0) is 0 Å². The molecular formula is C14H19NO2. The van der Waals surface area contributed by atoms with Gasteiger partial charge in [0.1, 0.15) is 12.7 Å². The number of hydrogen-bond donors (Lipinski definition) is 0. The molecule has 1 saturated heterocycles. The summed E-state index contributed by atoms with van der Waals surface area (Å²) in [5.41, 5.74) is 0. The van der Waals surface area contributed by atoms with E-state index in [4.69, 9.17) is 9.47 Å². The van der Waals surface area contributed by atoms with Crippen molar-refractivity contribution in [2.75, 3.05) is 19.7 Å². The largest absolute Gasteiger partial charge is 0.486 e. The maximum atomic E-state index is 6.04. The molecule has 2 aliphatic heterocycles. The second-order valence-electron chi connectivity index (χ2n) is 4.90. The Kier molecular flexibility index (Phi) is 2.93. The monoisotopic (exact) mass is 233 g/mol. The maximum Gasteiger partial charge on any atom is 0.161 e. The van der Waals surface area contributed by atoms with Gasteiger partial charge in [0.15, 0.2) is 11.5 Å². The molecule has 92 valence electrons. The van der Waals surface area contributed by atoms with Crippen molar-refractivity contribution >= 4 is 0 Å². The summed E-state index contributed by atoms with van der Waals surface area (Å²) in [5.74, 6) is 1.76. The van der Waals surface area contributed by atoms with Gasteiger partial charge < -0.3 is 9.47 Å². The van der Waals surface area contributed by atoms with Crippen LogP contribution in [0.5, 0.6) is 11.5 Å². The summed E-state index contributed by atoms with van der Waals surface area (Å²) < 4.78 is 11.8. The van der Waals surface area contributed by atoms with E-state index in [1.807, 2.05) is 24.3 Å². The maximum absolute atomic E-state index is 6.04. The van der Waals surface area contributed by atoms with Crippen LogP contribution in [0, 0.1) is 0 Å². The van der Waals surface area contributed by atoms with Gasteiger partial charge in [-0.15, -0.1) is 0 Å². The van der Waals surface area contributed by atoms with Crippen LogP contribution in [0.3, 0.4) is 0 Å². The van der Waals surface area contributed by atoms with E-state index >= 15 is 0 Å². The van der Waals surface area contributed by atoms with Crippen LogP contribution in [0.15, 0.2) is 24.3 Å². The van der Waals surface area contributed by atoms with E-state index < -0.39 is 0 Å². The number of fused-ring (bicyclic) bond motifs is 1. The van der Waals surface area contributed by atoms with Crippen molar-refractivity contribution in [3.63, 3.8) is 0 Å². The zero-order valence-electron chi connectivity index (χ0n) is 10.3. The van der Waals surface area contributed by atoms with E-state index in [1.165, 1.54) is 25.9 Å². The Morgan fingerprint density at radius 3 is 2.65 bits per heavy atom. The Bertz CT molecular complexity index is 388. The van der Waals surface area contributed by atoms with Crippen LogP contribution >= 0.6 is 0 Å². The number of para-hydroxylation sites is 2. The average Bonchev–Trinajstić information content (AvgIpc) is 2.91. The lowest BCUT2D eigenvalue weighted by Crippen LogP contribution is -2.47. The molecule has 0 saturated carbocycles. The second-order valence-corrected chi connectivity index (χ2v) is 4.90. The van der Waals surface area contributed by atoms with Gasteiger partial charge in [-0.25, -0.2) is 0 Å². The van der Waals surface area contributed by atoms with Crippen molar-refractivity contribution in [2.45, 2.75) is 31.9 Å². The van der Waals surface area contributed by atoms with E-state index in [2.05, 4.69) is 11.8 Å². The lowest BCUT2D eigenvalue weighted by molar-refractivity contribution is 0.0287. The van der Waals surface area contributed by atoms with Gasteiger partial charge in [0.2, 0.25) is 0 Å². The molecule has 1 aromatic rings. The molecule has 0 aromatic heterocycles. The third-order valence-electron chi connectivity index (χ3n) is 3.79. The molecule has 0 aliphatic carbocycles. The fourth-order valence-corrected chi connectivity index (χ4v) is 2.66. The first-order valence-corrected chi connectivity index (χ1v) is 6.47.